The van der Waals surface area contributed by atoms with Crippen LogP contribution in [0.4, 0.5) is 13.2 Å². The van der Waals surface area contributed by atoms with E-state index in [1.54, 1.807) is 30.3 Å². The second-order valence-electron chi connectivity index (χ2n) is 9.17. The second kappa shape index (κ2) is 11.4. The van der Waals surface area contributed by atoms with Gasteiger partial charge in [0.1, 0.15) is 5.75 Å². The number of amides is 2. The topological polar surface area (TPSA) is 94.2 Å². The Labute approximate surface area is 234 Å². The van der Waals surface area contributed by atoms with Crippen molar-refractivity contribution < 1.29 is 41.8 Å². The molecule has 3 aromatic rings. The molecule has 11 heteroatoms. The van der Waals surface area contributed by atoms with Gasteiger partial charge in [-0.3, -0.25) is 14.4 Å². The highest BCUT2D eigenvalue weighted by atomic mass is 19.4. The molecule has 0 aliphatic carbocycles. The second-order valence-corrected chi connectivity index (χ2v) is 9.17. The van der Waals surface area contributed by atoms with Crippen molar-refractivity contribution in [1.82, 2.24) is 10.2 Å². The lowest BCUT2D eigenvalue weighted by molar-refractivity contribution is -0.189. The molecule has 1 N–H and O–H groups in total. The Kier molecular flexibility index (Phi) is 8.09. The minimum absolute atomic E-state index is 0.0741. The van der Waals surface area contributed by atoms with E-state index in [4.69, 9.17) is 14.2 Å². The summed E-state index contributed by atoms with van der Waals surface area (Å²) in [6, 6.07) is 17.4. The van der Waals surface area contributed by atoms with Gasteiger partial charge in [-0.15, -0.1) is 0 Å². The maximum absolute atomic E-state index is 15.2. The molecule has 0 saturated heterocycles. The third-order valence-corrected chi connectivity index (χ3v) is 6.84. The number of carbonyl (C=O) groups is 3. The Morgan fingerprint density at radius 1 is 0.854 bits per heavy atom. The number of carbonyl (C=O) groups excluding carboxylic acids is 3. The molecule has 0 fully saturated rings. The van der Waals surface area contributed by atoms with Crippen LogP contribution in [0.5, 0.6) is 17.2 Å². The molecule has 0 bridgehead atoms. The van der Waals surface area contributed by atoms with E-state index in [9.17, 15) is 14.4 Å². The molecule has 3 aromatic carbocycles. The van der Waals surface area contributed by atoms with Crippen LogP contribution in [0, 0.1) is 0 Å². The zero-order valence-corrected chi connectivity index (χ0v) is 22.7. The van der Waals surface area contributed by atoms with Crippen LogP contribution in [0.25, 0.3) is 0 Å². The molecule has 0 unspecified atom stereocenters. The smallest absolute Gasteiger partial charge is 0.425 e. The average Bonchev–Trinajstić information content (AvgIpc) is 3.18. The van der Waals surface area contributed by atoms with Crippen molar-refractivity contribution in [3.63, 3.8) is 0 Å². The number of nitrogens with zero attached hydrogens (tertiary/aromatic N) is 1. The summed E-state index contributed by atoms with van der Waals surface area (Å²) in [6.07, 6.45) is -5.40. The van der Waals surface area contributed by atoms with Gasteiger partial charge in [-0.25, -0.2) is 0 Å². The summed E-state index contributed by atoms with van der Waals surface area (Å²) in [5.41, 5.74) is -4.62. The fraction of sp³-hybridized carbons (Fsp3) is 0.233. The predicted octanol–water partition coefficient (Wildman–Crippen LogP) is 4.94. The van der Waals surface area contributed by atoms with Crippen LogP contribution in [0.1, 0.15) is 33.2 Å². The molecule has 0 saturated carbocycles. The Morgan fingerprint density at radius 3 is 2.05 bits per heavy atom. The molecule has 0 radical (unpaired) electrons. The van der Waals surface area contributed by atoms with E-state index in [2.05, 4.69) is 0 Å². The van der Waals surface area contributed by atoms with Crippen LogP contribution in [0.2, 0.25) is 0 Å². The SMILES string of the molecule is COc1ccc(CN2C(=O)[C@](NC(=O)c3ccc(OC)c(OC)c3)(C(F)(F)F)C(C(=O)c3ccccc3)=C2C)cc1. The van der Waals surface area contributed by atoms with Gasteiger partial charge in [-0.1, -0.05) is 42.5 Å². The van der Waals surface area contributed by atoms with Gasteiger partial charge < -0.3 is 24.4 Å². The lowest BCUT2D eigenvalue weighted by Crippen LogP contribution is -2.66. The molecule has 41 heavy (non-hydrogen) atoms. The molecule has 1 aliphatic heterocycles. The predicted molar refractivity (Wildman–Crippen MR) is 143 cm³/mol. The first-order valence-electron chi connectivity index (χ1n) is 12.4. The molecule has 2 amide bonds. The van der Waals surface area contributed by atoms with E-state index in [1.165, 1.54) is 70.7 Å². The fourth-order valence-electron chi connectivity index (χ4n) is 4.71. The summed E-state index contributed by atoms with van der Waals surface area (Å²) >= 11 is 0. The Bertz CT molecular complexity index is 1500. The minimum Gasteiger partial charge on any atom is -0.497 e. The number of benzene rings is 3. The van der Waals surface area contributed by atoms with Gasteiger partial charge in [0.05, 0.1) is 33.4 Å². The number of ether oxygens (including phenoxy) is 3. The van der Waals surface area contributed by atoms with Crippen molar-refractivity contribution in [2.24, 2.45) is 0 Å². The number of hydrogen-bond donors (Lipinski definition) is 1. The third-order valence-electron chi connectivity index (χ3n) is 6.84. The van der Waals surface area contributed by atoms with Gasteiger partial charge in [0.25, 0.3) is 11.8 Å². The molecular formula is C30H27F3N2O6. The van der Waals surface area contributed by atoms with E-state index >= 15 is 13.2 Å². The first-order chi connectivity index (χ1) is 19.5. The summed E-state index contributed by atoms with van der Waals surface area (Å²) in [5.74, 6) is -2.94. The highest BCUT2D eigenvalue weighted by molar-refractivity contribution is 6.19. The summed E-state index contributed by atoms with van der Waals surface area (Å²) < 4.78 is 61.1. The van der Waals surface area contributed by atoms with Crippen LogP contribution in [0.3, 0.4) is 0 Å². The van der Waals surface area contributed by atoms with Crippen molar-refractivity contribution in [2.45, 2.75) is 25.2 Å². The van der Waals surface area contributed by atoms with Crippen molar-refractivity contribution in [3.8, 4) is 17.2 Å². The maximum Gasteiger partial charge on any atom is 0.425 e. The minimum atomic E-state index is -5.40. The summed E-state index contributed by atoms with van der Waals surface area (Å²) in [6.45, 7) is 0.970. The van der Waals surface area contributed by atoms with E-state index in [0.717, 1.165) is 4.90 Å². The van der Waals surface area contributed by atoms with Crippen molar-refractivity contribution >= 4 is 17.6 Å². The third kappa shape index (κ3) is 5.22. The quantitative estimate of drug-likeness (QED) is 0.368. The zero-order chi connectivity index (χ0) is 29.9. The number of ketones is 1. The van der Waals surface area contributed by atoms with Crippen LogP contribution < -0.4 is 19.5 Å². The highest BCUT2D eigenvalue weighted by Crippen LogP contribution is 2.46. The maximum atomic E-state index is 15.2. The first kappa shape index (κ1) is 29.2. The van der Waals surface area contributed by atoms with Crippen molar-refractivity contribution in [3.05, 3.63) is 101 Å². The largest absolute Gasteiger partial charge is 0.497 e. The standard InChI is InChI=1S/C30H27F3N2O6/c1-18-25(26(36)20-8-6-5-7-9-20)29(30(31,32)33,28(38)35(18)17-19-10-13-22(39-2)14-11-19)34-27(37)21-12-15-23(40-3)24(16-21)41-4/h5-16H,17H2,1-4H3,(H,34,37)/t29-/m0/s1. The van der Waals surface area contributed by atoms with Gasteiger partial charge in [-0.05, 0) is 42.8 Å². The Morgan fingerprint density at radius 2 is 1.49 bits per heavy atom. The van der Waals surface area contributed by atoms with Crippen LogP contribution in [-0.4, -0.2) is 55.5 Å². The lowest BCUT2D eigenvalue weighted by Gasteiger charge is -2.33. The number of methoxy groups -OCH3 is 3. The van der Waals surface area contributed by atoms with E-state index in [0.29, 0.717) is 11.3 Å². The average molecular weight is 569 g/mol. The molecule has 1 aliphatic rings. The molecule has 8 nitrogen and oxygen atoms in total. The molecule has 214 valence electrons. The number of alkyl halides is 3. The number of nitrogens with one attached hydrogen (secondary N) is 1. The molecular weight excluding hydrogens is 541 g/mol. The van der Waals surface area contributed by atoms with Gasteiger partial charge >= 0.3 is 6.18 Å². The monoisotopic (exact) mass is 568 g/mol. The van der Waals surface area contributed by atoms with E-state index in [1.807, 2.05) is 5.32 Å². The molecule has 1 atom stereocenters. The van der Waals surface area contributed by atoms with Gasteiger partial charge in [0.2, 0.25) is 5.54 Å². The summed E-state index contributed by atoms with van der Waals surface area (Å²) in [5, 5.41) is 1.90. The molecule has 0 aromatic heterocycles. The van der Waals surface area contributed by atoms with Gasteiger partial charge in [-0.2, -0.15) is 13.2 Å². The van der Waals surface area contributed by atoms with Gasteiger partial charge in [0, 0.05) is 16.8 Å². The first-order valence-corrected chi connectivity index (χ1v) is 12.4. The normalized spacial score (nSPS) is 17.0. The number of Topliss-reactive ketones (excluding diaryl/α,β-unsaturated/α-hetero) is 1. The van der Waals surface area contributed by atoms with Crippen molar-refractivity contribution in [1.29, 1.82) is 0 Å². The van der Waals surface area contributed by atoms with E-state index in [-0.39, 0.29) is 34.9 Å². The number of rotatable bonds is 9. The highest BCUT2D eigenvalue weighted by Gasteiger charge is 2.70. The number of hydrogen-bond acceptors (Lipinski definition) is 6. The molecule has 0 spiro atoms. The summed E-state index contributed by atoms with van der Waals surface area (Å²) in [4.78, 5) is 41.8. The Balaban J connectivity index is 1.86. The summed E-state index contributed by atoms with van der Waals surface area (Å²) in [7, 11) is 4.13. The Hall–Kier alpha value is -4.80. The number of allylic oxidation sites excluding steroid dienone is 1. The van der Waals surface area contributed by atoms with Crippen LogP contribution >= 0.6 is 0 Å². The van der Waals surface area contributed by atoms with Crippen LogP contribution in [0.15, 0.2) is 84.1 Å². The lowest BCUT2D eigenvalue weighted by atomic mass is 9.84. The van der Waals surface area contributed by atoms with Gasteiger partial charge in [0.15, 0.2) is 17.3 Å². The zero-order valence-electron chi connectivity index (χ0n) is 22.7. The molecule has 1 heterocycles. The fourth-order valence-corrected chi connectivity index (χ4v) is 4.71. The van der Waals surface area contributed by atoms with Crippen LogP contribution in [-0.2, 0) is 11.3 Å². The number of halogens is 3. The van der Waals surface area contributed by atoms with Crippen molar-refractivity contribution in [2.75, 3.05) is 21.3 Å². The van der Waals surface area contributed by atoms with E-state index < -0.39 is 34.9 Å². The molecule has 4 rings (SSSR count).